The van der Waals surface area contributed by atoms with Crippen molar-refractivity contribution >= 4 is 13.3 Å². The Hall–Kier alpha value is -0.975. The summed E-state index contributed by atoms with van der Waals surface area (Å²) in [6.45, 7) is 8.14. The molecule has 0 aliphatic heterocycles. The highest BCUT2D eigenvalue weighted by atomic mass is 14.0. The van der Waals surface area contributed by atoms with Crippen LogP contribution in [-0.2, 0) is 6.42 Å². The second-order valence-corrected chi connectivity index (χ2v) is 3.56. The molecule has 0 unspecified atom stereocenters. The molecule has 0 aromatic heterocycles. The van der Waals surface area contributed by atoms with Gasteiger partial charge in [-0.25, -0.2) is 0 Å². The molecule has 0 aliphatic rings. The summed E-state index contributed by atoms with van der Waals surface area (Å²) in [5.74, 6) is 0. The minimum atomic E-state index is 1.01. The molecule has 12 heavy (non-hydrogen) atoms. The van der Waals surface area contributed by atoms with Gasteiger partial charge in [0, 0.05) is 0 Å². The van der Waals surface area contributed by atoms with Crippen molar-refractivity contribution in [1.29, 1.82) is 0 Å². The molecule has 0 aliphatic carbocycles. The number of allylic oxidation sites excluding steroid dienone is 1. The standard InChI is InChI=1S/C11H15B/c1-8(2)6-10-4-5-11(12)7-9(10)3/h4-5,7H,1,6,12H2,2-3H3. The lowest BCUT2D eigenvalue weighted by Gasteiger charge is -2.05. The van der Waals surface area contributed by atoms with E-state index in [1.165, 1.54) is 22.2 Å². The molecule has 0 heterocycles. The first kappa shape index (κ1) is 9.12. The molecule has 1 aromatic rings. The molecule has 62 valence electrons. The van der Waals surface area contributed by atoms with Gasteiger partial charge in [-0.15, -0.1) is 0 Å². The number of benzene rings is 1. The van der Waals surface area contributed by atoms with Crippen LogP contribution >= 0.6 is 0 Å². The van der Waals surface area contributed by atoms with E-state index in [1.807, 2.05) is 0 Å². The molecule has 0 atom stereocenters. The Morgan fingerprint density at radius 2 is 2.17 bits per heavy atom. The second kappa shape index (κ2) is 3.62. The Balaban J connectivity index is 2.93. The van der Waals surface area contributed by atoms with Gasteiger partial charge in [0.1, 0.15) is 7.85 Å². The summed E-state index contributed by atoms with van der Waals surface area (Å²) < 4.78 is 0. The number of rotatable bonds is 2. The van der Waals surface area contributed by atoms with Gasteiger partial charge in [0.15, 0.2) is 0 Å². The summed E-state index contributed by atoms with van der Waals surface area (Å²) in [6.07, 6.45) is 1.01. The minimum absolute atomic E-state index is 1.01. The summed E-state index contributed by atoms with van der Waals surface area (Å²) >= 11 is 0. The highest BCUT2D eigenvalue weighted by Gasteiger charge is 1.97. The molecule has 0 bridgehead atoms. The Labute approximate surface area is 75.7 Å². The fourth-order valence-electron chi connectivity index (χ4n) is 1.37. The van der Waals surface area contributed by atoms with Crippen LogP contribution in [0.25, 0.3) is 0 Å². The molecule has 0 fully saturated rings. The van der Waals surface area contributed by atoms with Gasteiger partial charge in [-0.1, -0.05) is 35.8 Å². The molecule has 0 radical (unpaired) electrons. The van der Waals surface area contributed by atoms with Gasteiger partial charge in [-0.2, -0.15) is 0 Å². The van der Waals surface area contributed by atoms with Gasteiger partial charge in [-0.3, -0.25) is 0 Å². The van der Waals surface area contributed by atoms with Crippen molar-refractivity contribution < 1.29 is 0 Å². The average Bonchev–Trinajstić information content (AvgIpc) is 1.94. The third-order valence-corrected chi connectivity index (χ3v) is 1.99. The normalized spacial score (nSPS) is 9.83. The van der Waals surface area contributed by atoms with Crippen LogP contribution in [0.2, 0.25) is 0 Å². The zero-order valence-electron chi connectivity index (χ0n) is 8.15. The smallest absolute Gasteiger partial charge is 0.0998 e. The van der Waals surface area contributed by atoms with Gasteiger partial charge in [0.05, 0.1) is 0 Å². The Kier molecular flexibility index (Phi) is 2.75. The van der Waals surface area contributed by atoms with E-state index in [-0.39, 0.29) is 0 Å². The van der Waals surface area contributed by atoms with Crippen molar-refractivity contribution in [2.45, 2.75) is 20.3 Å². The van der Waals surface area contributed by atoms with E-state index >= 15 is 0 Å². The van der Waals surface area contributed by atoms with Crippen molar-refractivity contribution in [2.75, 3.05) is 0 Å². The first-order valence-electron chi connectivity index (χ1n) is 4.30. The van der Waals surface area contributed by atoms with Crippen molar-refractivity contribution in [3.63, 3.8) is 0 Å². The average molecular weight is 158 g/mol. The van der Waals surface area contributed by atoms with E-state index in [1.54, 1.807) is 0 Å². The van der Waals surface area contributed by atoms with E-state index in [4.69, 9.17) is 0 Å². The van der Waals surface area contributed by atoms with Crippen LogP contribution in [-0.4, -0.2) is 7.85 Å². The molecular formula is C11H15B. The lowest BCUT2D eigenvalue weighted by atomic mass is 9.91. The first-order chi connectivity index (χ1) is 5.59. The predicted molar refractivity (Wildman–Crippen MR) is 57.9 cm³/mol. The maximum Gasteiger partial charge on any atom is 0.139 e. The molecule has 0 saturated carbocycles. The van der Waals surface area contributed by atoms with E-state index in [2.05, 4.69) is 46.5 Å². The maximum atomic E-state index is 3.91. The highest BCUT2D eigenvalue weighted by Crippen LogP contribution is 2.09. The Morgan fingerprint density at radius 3 is 2.67 bits per heavy atom. The van der Waals surface area contributed by atoms with Crippen LogP contribution in [0.3, 0.4) is 0 Å². The zero-order chi connectivity index (χ0) is 9.14. The summed E-state index contributed by atoms with van der Waals surface area (Å²) in [4.78, 5) is 0. The van der Waals surface area contributed by atoms with Gasteiger partial charge < -0.3 is 0 Å². The predicted octanol–water partition coefficient (Wildman–Crippen LogP) is 1.37. The third kappa shape index (κ3) is 2.26. The molecule has 0 N–H and O–H groups in total. The van der Waals surface area contributed by atoms with Gasteiger partial charge in [0.2, 0.25) is 0 Å². The molecule has 1 heteroatoms. The van der Waals surface area contributed by atoms with E-state index in [0.29, 0.717) is 0 Å². The van der Waals surface area contributed by atoms with Crippen molar-refractivity contribution in [1.82, 2.24) is 0 Å². The molecule has 0 amide bonds. The van der Waals surface area contributed by atoms with Crippen LogP contribution < -0.4 is 5.46 Å². The topological polar surface area (TPSA) is 0 Å². The SMILES string of the molecule is Bc1ccc(CC(=C)C)c(C)c1. The molecule has 1 rings (SSSR count). The number of hydrogen-bond acceptors (Lipinski definition) is 0. The minimum Gasteiger partial charge on any atom is -0.0998 e. The van der Waals surface area contributed by atoms with Crippen molar-refractivity contribution in [3.05, 3.63) is 41.5 Å². The number of aryl methyl sites for hydroxylation is 1. The zero-order valence-corrected chi connectivity index (χ0v) is 8.15. The monoisotopic (exact) mass is 158 g/mol. The van der Waals surface area contributed by atoms with Crippen LogP contribution in [0.5, 0.6) is 0 Å². The van der Waals surface area contributed by atoms with Crippen molar-refractivity contribution in [3.8, 4) is 0 Å². The Morgan fingerprint density at radius 1 is 1.50 bits per heavy atom. The molecule has 0 saturated heterocycles. The fourth-order valence-corrected chi connectivity index (χ4v) is 1.37. The quantitative estimate of drug-likeness (QED) is 0.450. The van der Waals surface area contributed by atoms with Gasteiger partial charge in [0.25, 0.3) is 0 Å². The molecule has 1 aromatic carbocycles. The van der Waals surface area contributed by atoms with Crippen LogP contribution in [0, 0.1) is 6.92 Å². The lowest BCUT2D eigenvalue weighted by Crippen LogP contribution is -2.03. The summed E-state index contributed by atoms with van der Waals surface area (Å²) in [7, 11) is 2.12. The first-order valence-corrected chi connectivity index (χ1v) is 4.30. The summed E-state index contributed by atoms with van der Waals surface area (Å²) in [5, 5.41) is 0. The molecule has 0 spiro atoms. The Bertz CT molecular complexity index is 300. The fraction of sp³-hybridized carbons (Fsp3) is 0.273. The third-order valence-electron chi connectivity index (χ3n) is 1.99. The number of hydrogen-bond donors (Lipinski definition) is 0. The summed E-state index contributed by atoms with van der Waals surface area (Å²) in [6, 6.07) is 6.57. The van der Waals surface area contributed by atoms with Crippen LogP contribution in [0.15, 0.2) is 30.4 Å². The van der Waals surface area contributed by atoms with Crippen LogP contribution in [0.4, 0.5) is 0 Å². The summed E-state index contributed by atoms with van der Waals surface area (Å²) in [5.41, 5.74) is 5.33. The largest absolute Gasteiger partial charge is 0.139 e. The molecule has 0 nitrogen and oxygen atoms in total. The van der Waals surface area contributed by atoms with Gasteiger partial charge in [-0.05, 0) is 31.4 Å². The van der Waals surface area contributed by atoms with Crippen LogP contribution in [0.1, 0.15) is 18.1 Å². The highest BCUT2D eigenvalue weighted by molar-refractivity contribution is 6.32. The van der Waals surface area contributed by atoms with Crippen molar-refractivity contribution in [2.24, 2.45) is 0 Å². The second-order valence-electron chi connectivity index (χ2n) is 3.56. The van der Waals surface area contributed by atoms with E-state index in [9.17, 15) is 0 Å². The van der Waals surface area contributed by atoms with E-state index in [0.717, 1.165) is 6.42 Å². The van der Waals surface area contributed by atoms with E-state index < -0.39 is 0 Å². The lowest BCUT2D eigenvalue weighted by molar-refractivity contribution is 1.13. The van der Waals surface area contributed by atoms with Gasteiger partial charge >= 0.3 is 0 Å². The maximum absolute atomic E-state index is 3.91. The molecular weight excluding hydrogens is 143 g/mol.